The average molecular weight is 1500 g/mol. The van der Waals surface area contributed by atoms with Gasteiger partial charge >= 0.3 is 39.5 Å². The summed E-state index contributed by atoms with van der Waals surface area (Å²) in [7, 11) is -9.94. The van der Waals surface area contributed by atoms with E-state index in [0.717, 1.165) is 127 Å². The van der Waals surface area contributed by atoms with Crippen molar-refractivity contribution in [3.8, 4) is 0 Å². The summed E-state index contributed by atoms with van der Waals surface area (Å²) in [5.74, 6) is 0.205. The number of ether oxygens (including phenoxy) is 4. The first-order valence-electron chi connectivity index (χ1n) is 42.7. The molecule has 0 aliphatic rings. The van der Waals surface area contributed by atoms with Gasteiger partial charge in [-0.3, -0.25) is 37.3 Å². The van der Waals surface area contributed by atoms with E-state index >= 15 is 0 Å². The number of hydrogen-bond donors (Lipinski definition) is 3. The van der Waals surface area contributed by atoms with Crippen molar-refractivity contribution >= 4 is 39.5 Å². The maximum absolute atomic E-state index is 13.1. The average Bonchev–Trinajstić information content (AvgIpc) is 0.909. The maximum Gasteiger partial charge on any atom is 0.472 e. The highest BCUT2D eigenvalue weighted by Crippen LogP contribution is 2.45. The van der Waals surface area contributed by atoms with Gasteiger partial charge in [0.2, 0.25) is 0 Å². The Hall–Kier alpha value is -2.46. The summed E-state index contributed by atoms with van der Waals surface area (Å²) in [6.45, 7) is 11.9. The van der Waals surface area contributed by atoms with Gasteiger partial charge in [0, 0.05) is 25.7 Å². The number of esters is 4. The van der Waals surface area contributed by atoms with Crippen LogP contribution in [0.5, 0.6) is 0 Å². The monoisotopic (exact) mass is 1500 g/mol. The van der Waals surface area contributed by atoms with E-state index in [4.69, 9.17) is 37.0 Å². The minimum Gasteiger partial charge on any atom is -0.462 e. The van der Waals surface area contributed by atoms with Crippen LogP contribution in [0.25, 0.3) is 0 Å². The zero-order chi connectivity index (χ0) is 75.8. The summed E-state index contributed by atoms with van der Waals surface area (Å²) < 4.78 is 68.7. The lowest BCUT2D eigenvalue weighted by molar-refractivity contribution is -0.161. The predicted molar refractivity (Wildman–Crippen MR) is 423 cm³/mol. The zero-order valence-electron chi connectivity index (χ0n) is 67.3. The number of rotatable bonds is 80. The third-order valence-corrected chi connectivity index (χ3v) is 21.3. The van der Waals surface area contributed by atoms with Gasteiger partial charge < -0.3 is 33.8 Å². The van der Waals surface area contributed by atoms with Crippen LogP contribution in [0.1, 0.15) is 414 Å². The fourth-order valence-corrected chi connectivity index (χ4v) is 14.0. The molecule has 608 valence electrons. The number of phosphoric ester groups is 2. The molecule has 17 nitrogen and oxygen atoms in total. The van der Waals surface area contributed by atoms with Crippen molar-refractivity contribution in [2.75, 3.05) is 39.6 Å². The quantitative estimate of drug-likeness (QED) is 0.0169. The van der Waals surface area contributed by atoms with Crippen LogP contribution in [-0.4, -0.2) is 96.7 Å². The molecule has 0 aromatic carbocycles. The molecule has 19 heteroatoms. The Morgan fingerprint density at radius 1 is 0.320 bits per heavy atom. The van der Waals surface area contributed by atoms with Gasteiger partial charge in [-0.2, -0.15) is 0 Å². The number of hydrogen-bond acceptors (Lipinski definition) is 15. The van der Waals surface area contributed by atoms with Crippen LogP contribution in [0.4, 0.5) is 0 Å². The molecule has 0 aromatic rings. The second-order valence-corrected chi connectivity index (χ2v) is 33.6. The third kappa shape index (κ3) is 76.1. The molecule has 0 aliphatic carbocycles. The number of aliphatic hydroxyl groups excluding tert-OH is 1. The topological polar surface area (TPSA) is 237 Å². The molecule has 0 radical (unpaired) electrons. The summed E-state index contributed by atoms with van der Waals surface area (Å²) in [5, 5.41) is 10.7. The first-order valence-corrected chi connectivity index (χ1v) is 45.7. The Morgan fingerprint density at radius 3 is 0.864 bits per heavy atom. The lowest BCUT2D eigenvalue weighted by atomic mass is 10.00. The first kappa shape index (κ1) is 101. The molecule has 0 fully saturated rings. The molecular formula is C84H160O17P2. The van der Waals surface area contributed by atoms with Crippen LogP contribution in [0, 0.1) is 17.8 Å². The van der Waals surface area contributed by atoms with Gasteiger partial charge in [0.1, 0.15) is 19.3 Å². The minimum atomic E-state index is -4.97. The highest BCUT2D eigenvalue weighted by Gasteiger charge is 2.30. The molecule has 0 rings (SSSR count). The van der Waals surface area contributed by atoms with Gasteiger partial charge in [0.05, 0.1) is 26.4 Å². The van der Waals surface area contributed by atoms with E-state index in [2.05, 4.69) is 72.8 Å². The Labute approximate surface area is 631 Å². The molecule has 0 heterocycles. The molecule has 0 spiro atoms. The molecule has 0 bridgehead atoms. The van der Waals surface area contributed by atoms with Crippen LogP contribution in [-0.2, 0) is 65.4 Å². The number of carbonyl (C=O) groups is 4. The van der Waals surface area contributed by atoms with E-state index in [1.807, 2.05) is 0 Å². The van der Waals surface area contributed by atoms with E-state index in [9.17, 15) is 43.2 Å². The smallest absolute Gasteiger partial charge is 0.462 e. The second kappa shape index (κ2) is 73.7. The Bertz CT molecular complexity index is 2090. The second-order valence-electron chi connectivity index (χ2n) is 30.7. The lowest BCUT2D eigenvalue weighted by Crippen LogP contribution is -2.30. The summed E-state index contributed by atoms with van der Waals surface area (Å²) in [6, 6.07) is 0. The Morgan fingerprint density at radius 2 is 0.573 bits per heavy atom. The molecule has 0 amide bonds. The van der Waals surface area contributed by atoms with E-state index in [-0.39, 0.29) is 25.7 Å². The van der Waals surface area contributed by atoms with Crippen LogP contribution in [0.2, 0.25) is 0 Å². The fourth-order valence-electron chi connectivity index (χ4n) is 12.4. The number of allylic oxidation sites excluding steroid dienone is 4. The maximum atomic E-state index is 13.1. The first-order chi connectivity index (χ1) is 49.8. The fraction of sp³-hybridized carbons (Fsp3) is 0.905. The molecule has 0 saturated carbocycles. The summed E-state index contributed by atoms with van der Waals surface area (Å²) in [5.41, 5.74) is 0. The minimum absolute atomic E-state index is 0.0841. The van der Waals surface area contributed by atoms with E-state index in [0.29, 0.717) is 25.7 Å². The van der Waals surface area contributed by atoms with Crippen LogP contribution < -0.4 is 0 Å². The van der Waals surface area contributed by atoms with Crippen molar-refractivity contribution in [2.24, 2.45) is 17.8 Å². The van der Waals surface area contributed by atoms with Gasteiger partial charge in [-0.15, -0.1) is 0 Å². The van der Waals surface area contributed by atoms with Crippen LogP contribution in [0.15, 0.2) is 24.3 Å². The summed E-state index contributed by atoms with van der Waals surface area (Å²) in [6.07, 6.45) is 66.1. The van der Waals surface area contributed by atoms with Gasteiger partial charge in [0.25, 0.3) is 0 Å². The highest BCUT2D eigenvalue weighted by atomic mass is 31.2. The normalized spacial score (nSPS) is 14.3. The number of aliphatic hydroxyl groups is 1. The van der Waals surface area contributed by atoms with E-state index in [1.54, 1.807) is 0 Å². The third-order valence-electron chi connectivity index (χ3n) is 19.4. The Kier molecular flexibility index (Phi) is 71.9. The zero-order valence-corrected chi connectivity index (χ0v) is 69.1. The Balaban J connectivity index is 5.26. The highest BCUT2D eigenvalue weighted by molar-refractivity contribution is 7.47. The van der Waals surface area contributed by atoms with Crippen LogP contribution >= 0.6 is 15.6 Å². The molecule has 3 unspecified atom stereocenters. The van der Waals surface area contributed by atoms with Gasteiger partial charge in [-0.05, 0) is 69.1 Å². The summed E-state index contributed by atoms with van der Waals surface area (Å²) in [4.78, 5) is 73.1. The van der Waals surface area contributed by atoms with Crippen LogP contribution in [0.3, 0.4) is 0 Å². The van der Waals surface area contributed by atoms with E-state index < -0.39 is 97.5 Å². The molecule has 0 aromatic heterocycles. The standard InChI is InChI=1S/C84H160O17P2/c1-8-10-11-12-13-14-15-16-21-29-34-39-44-53-60-68-84(89)101-80(72-95-82(87)66-59-52-47-46-50-57-64-77(7)9-2)74-99-103(92,93)97-70-78(85)69-96-102(90,91)98-73-79(71-94-81(86)65-58-51-43-38-33-28-25-24-27-32-37-42-49-56-63-76(5)6)100-83(88)67-61-54-45-40-35-30-23-20-18-17-19-22-26-31-36-41-48-55-62-75(3)4/h14-16,21,75-80,85H,8-13,17-20,22-74H2,1-7H3,(H,90,91)(H,92,93)/b15-14-,21-16-/t77?,78-,79-,80-/m1/s1. The van der Waals surface area contributed by atoms with Crippen molar-refractivity contribution in [1.82, 2.24) is 0 Å². The van der Waals surface area contributed by atoms with Gasteiger partial charge in [-0.25, -0.2) is 9.13 Å². The SMILES string of the molecule is CCCCCC/C=C\C=C/CCCCCCCC(=O)O[C@H](COC(=O)CCCCCCCCC(C)CC)COP(=O)(O)OC[C@H](O)COP(=O)(O)OC[C@@H](COC(=O)CCCCCCCCCCCCCCCCC(C)C)OC(=O)CCCCCCCCCCCCCCCCCCCCC(C)C. The lowest BCUT2D eigenvalue weighted by Gasteiger charge is -2.21. The molecule has 0 aliphatic heterocycles. The molecule has 0 saturated heterocycles. The predicted octanol–water partition coefficient (Wildman–Crippen LogP) is 24.9. The van der Waals surface area contributed by atoms with Crippen molar-refractivity contribution in [1.29, 1.82) is 0 Å². The number of unbranched alkanes of at least 4 members (excludes halogenated alkanes) is 44. The molecular weight excluding hydrogens is 1340 g/mol. The van der Waals surface area contributed by atoms with Crippen molar-refractivity contribution in [3.63, 3.8) is 0 Å². The van der Waals surface area contributed by atoms with Crippen molar-refractivity contribution < 1.29 is 80.2 Å². The molecule has 3 N–H and O–H groups in total. The van der Waals surface area contributed by atoms with Gasteiger partial charge in [-0.1, -0.05) is 362 Å². The largest absolute Gasteiger partial charge is 0.472 e. The number of phosphoric acid groups is 2. The molecule has 103 heavy (non-hydrogen) atoms. The summed E-state index contributed by atoms with van der Waals surface area (Å²) >= 11 is 0. The van der Waals surface area contributed by atoms with Crippen molar-refractivity contribution in [2.45, 2.75) is 433 Å². The molecule has 6 atom stereocenters. The van der Waals surface area contributed by atoms with Gasteiger partial charge in [0.15, 0.2) is 12.2 Å². The van der Waals surface area contributed by atoms with Crippen molar-refractivity contribution in [3.05, 3.63) is 24.3 Å². The number of carbonyl (C=O) groups excluding carboxylic acids is 4. The van der Waals surface area contributed by atoms with E-state index in [1.165, 1.54) is 205 Å².